The summed E-state index contributed by atoms with van der Waals surface area (Å²) in [5.41, 5.74) is 0.145. The highest BCUT2D eigenvalue weighted by Gasteiger charge is 2.43. The van der Waals surface area contributed by atoms with Crippen molar-refractivity contribution in [2.75, 3.05) is 36.7 Å². The number of anilines is 2. The average molecular weight is 556 g/mol. The standard InChI is InChI=1S/C21H26ClF4N5O2S2/c1-30-10-13(11-30)31(12-21(24,25)26)18-5-3-2-4-16(18)28-17-9-15(23)19(8-14(17)22)35(32,33)29-20-27-6-7-34-20/h6-9,13,16,18,28H,2-5,10-12H2,1H3,(H,27,29)/t16-,18-/m0/s1. The molecule has 0 amide bonds. The number of aromatic nitrogens is 1. The van der Waals surface area contributed by atoms with Crippen LogP contribution in [0.2, 0.25) is 5.02 Å². The first-order valence-electron chi connectivity index (χ1n) is 11.1. The number of hydrogen-bond acceptors (Lipinski definition) is 7. The maximum atomic E-state index is 14.9. The van der Waals surface area contributed by atoms with Crippen molar-refractivity contribution in [3.63, 3.8) is 0 Å². The lowest BCUT2D eigenvalue weighted by Crippen LogP contribution is -2.65. The van der Waals surface area contributed by atoms with Crippen molar-refractivity contribution in [2.45, 2.75) is 54.9 Å². The highest BCUT2D eigenvalue weighted by atomic mass is 35.5. The number of nitrogens with one attached hydrogen (secondary N) is 2. The smallest absolute Gasteiger partial charge is 0.379 e. The molecule has 1 saturated carbocycles. The molecule has 1 aromatic heterocycles. The monoisotopic (exact) mass is 555 g/mol. The fourth-order valence-corrected chi connectivity index (χ4v) is 6.92. The Morgan fingerprint density at radius 1 is 1.26 bits per heavy atom. The SMILES string of the molecule is CN1CC(N(CC(F)(F)F)[C@H]2CCCC[C@@H]2Nc2cc(F)c(S(=O)(=O)Nc3nccs3)cc2Cl)C1. The Morgan fingerprint density at radius 3 is 2.60 bits per heavy atom. The van der Waals surface area contributed by atoms with E-state index in [0.717, 1.165) is 36.3 Å². The maximum absolute atomic E-state index is 14.9. The van der Waals surface area contributed by atoms with Crippen molar-refractivity contribution in [3.8, 4) is 0 Å². The van der Waals surface area contributed by atoms with Crippen LogP contribution in [0.1, 0.15) is 25.7 Å². The van der Waals surface area contributed by atoms with Crippen molar-refractivity contribution < 1.29 is 26.0 Å². The molecule has 1 aliphatic heterocycles. The molecule has 0 unspecified atom stereocenters. The van der Waals surface area contributed by atoms with Crippen molar-refractivity contribution in [3.05, 3.63) is 34.5 Å². The molecule has 2 fully saturated rings. The normalized spacial score (nSPS) is 22.3. The van der Waals surface area contributed by atoms with Gasteiger partial charge in [0.05, 0.1) is 17.3 Å². The lowest BCUT2D eigenvalue weighted by atomic mass is 9.87. The molecule has 2 heterocycles. The van der Waals surface area contributed by atoms with Gasteiger partial charge in [-0.05, 0) is 32.0 Å². The fraction of sp³-hybridized carbons (Fsp3) is 0.571. The van der Waals surface area contributed by atoms with E-state index in [1.165, 1.54) is 11.1 Å². The predicted molar refractivity (Wildman–Crippen MR) is 128 cm³/mol. The minimum absolute atomic E-state index is 0.0408. The van der Waals surface area contributed by atoms with Crippen molar-refractivity contribution >= 4 is 43.8 Å². The topological polar surface area (TPSA) is 77.6 Å². The fourth-order valence-electron chi connectivity index (χ4n) is 4.77. The van der Waals surface area contributed by atoms with Gasteiger partial charge < -0.3 is 10.2 Å². The number of rotatable bonds is 8. The van der Waals surface area contributed by atoms with Crippen LogP contribution in [0.3, 0.4) is 0 Å². The van der Waals surface area contributed by atoms with E-state index in [9.17, 15) is 26.0 Å². The number of nitrogens with zero attached hydrogens (tertiary/aromatic N) is 3. The molecule has 0 radical (unpaired) electrons. The van der Waals surface area contributed by atoms with Crippen LogP contribution in [0.4, 0.5) is 28.4 Å². The van der Waals surface area contributed by atoms with Crippen molar-refractivity contribution in [1.82, 2.24) is 14.8 Å². The van der Waals surface area contributed by atoms with Crippen LogP contribution in [-0.2, 0) is 10.0 Å². The first-order valence-corrected chi connectivity index (χ1v) is 13.9. The first kappa shape index (κ1) is 26.4. The van der Waals surface area contributed by atoms with E-state index in [2.05, 4.69) is 15.0 Å². The number of benzene rings is 1. The van der Waals surface area contributed by atoms with Crippen LogP contribution >= 0.6 is 22.9 Å². The highest BCUT2D eigenvalue weighted by Crippen LogP contribution is 2.35. The molecule has 2 N–H and O–H groups in total. The van der Waals surface area contributed by atoms with Gasteiger partial charge in [0.2, 0.25) is 0 Å². The van der Waals surface area contributed by atoms with Crippen LogP contribution in [-0.4, -0.2) is 74.2 Å². The number of likely N-dealkylation sites (N-methyl/N-ethyl adjacent to an activating group) is 1. The lowest BCUT2D eigenvalue weighted by Gasteiger charge is -2.50. The van der Waals surface area contributed by atoms with Crippen LogP contribution < -0.4 is 10.0 Å². The van der Waals surface area contributed by atoms with Crippen LogP contribution in [0, 0.1) is 5.82 Å². The van der Waals surface area contributed by atoms with Gasteiger partial charge in [0, 0.05) is 42.8 Å². The van der Waals surface area contributed by atoms with Gasteiger partial charge in [-0.15, -0.1) is 11.3 Å². The second-order valence-corrected chi connectivity index (χ2v) is 11.9. The summed E-state index contributed by atoms with van der Waals surface area (Å²) in [5, 5.41) is 4.73. The number of alkyl halides is 3. The Morgan fingerprint density at radius 2 is 1.97 bits per heavy atom. The molecule has 2 atom stereocenters. The maximum Gasteiger partial charge on any atom is 0.401 e. The molecule has 35 heavy (non-hydrogen) atoms. The van der Waals surface area contributed by atoms with Crippen molar-refractivity contribution in [2.24, 2.45) is 0 Å². The number of thiazole rings is 1. The molecule has 194 valence electrons. The van der Waals surface area contributed by atoms with Gasteiger partial charge in [-0.25, -0.2) is 17.8 Å². The minimum Gasteiger partial charge on any atom is -0.379 e. The second-order valence-electron chi connectivity index (χ2n) is 8.97. The highest BCUT2D eigenvalue weighted by molar-refractivity contribution is 7.93. The summed E-state index contributed by atoms with van der Waals surface area (Å²) in [6.07, 6.45) is -0.183. The van der Waals surface area contributed by atoms with Crippen molar-refractivity contribution in [1.29, 1.82) is 0 Å². The molecule has 2 aliphatic rings. The second kappa shape index (κ2) is 10.4. The summed E-state index contributed by atoms with van der Waals surface area (Å²) in [5.74, 6) is -1.03. The summed E-state index contributed by atoms with van der Waals surface area (Å²) in [6, 6.07) is 0.950. The molecule has 1 saturated heterocycles. The molecule has 1 aromatic carbocycles. The molecule has 4 rings (SSSR count). The summed E-state index contributed by atoms with van der Waals surface area (Å²) < 4.78 is 82.6. The third kappa shape index (κ3) is 6.37. The first-order chi connectivity index (χ1) is 16.4. The van der Waals surface area contributed by atoms with E-state index < -0.39 is 45.5 Å². The molecular formula is C21H26ClF4N5O2S2. The van der Waals surface area contributed by atoms with Crippen LogP contribution in [0.15, 0.2) is 28.6 Å². The summed E-state index contributed by atoms with van der Waals surface area (Å²) in [6.45, 7) is 0.0801. The van der Waals surface area contributed by atoms with E-state index in [4.69, 9.17) is 11.6 Å². The van der Waals surface area contributed by atoms with Gasteiger partial charge in [0.25, 0.3) is 10.0 Å². The van der Waals surface area contributed by atoms with Gasteiger partial charge in [-0.2, -0.15) is 13.2 Å². The molecule has 0 bridgehead atoms. The Hall–Kier alpha value is -1.67. The van der Waals surface area contributed by atoms with E-state index in [-0.39, 0.29) is 21.9 Å². The predicted octanol–water partition coefficient (Wildman–Crippen LogP) is 4.64. The summed E-state index contributed by atoms with van der Waals surface area (Å²) in [4.78, 5) is 6.66. The van der Waals surface area contributed by atoms with Crippen LogP contribution in [0.25, 0.3) is 0 Å². The molecule has 2 aromatic rings. The molecular weight excluding hydrogens is 530 g/mol. The van der Waals surface area contributed by atoms with E-state index >= 15 is 0 Å². The number of sulfonamides is 1. The lowest BCUT2D eigenvalue weighted by molar-refractivity contribution is -0.166. The molecule has 7 nitrogen and oxygen atoms in total. The van der Waals surface area contributed by atoms with E-state index in [0.29, 0.717) is 25.9 Å². The third-order valence-corrected chi connectivity index (χ3v) is 8.82. The summed E-state index contributed by atoms with van der Waals surface area (Å²) >= 11 is 7.37. The molecule has 1 aliphatic carbocycles. The Bertz CT molecular complexity index is 1130. The molecule has 0 spiro atoms. The van der Waals surface area contributed by atoms with Gasteiger partial charge in [0.15, 0.2) is 5.13 Å². The summed E-state index contributed by atoms with van der Waals surface area (Å²) in [7, 11) is -2.41. The van der Waals surface area contributed by atoms with Crippen LogP contribution in [0.5, 0.6) is 0 Å². The number of likely N-dealkylation sites (tertiary alicyclic amines) is 1. The Kier molecular flexibility index (Phi) is 7.82. The zero-order chi connectivity index (χ0) is 25.4. The zero-order valence-corrected chi connectivity index (χ0v) is 21.2. The van der Waals surface area contributed by atoms with E-state index in [1.807, 2.05) is 11.9 Å². The molecule has 14 heteroatoms. The van der Waals surface area contributed by atoms with Gasteiger partial charge >= 0.3 is 6.18 Å². The largest absolute Gasteiger partial charge is 0.401 e. The van der Waals surface area contributed by atoms with Gasteiger partial charge in [0.1, 0.15) is 10.7 Å². The van der Waals surface area contributed by atoms with Gasteiger partial charge in [-0.1, -0.05) is 24.4 Å². The zero-order valence-electron chi connectivity index (χ0n) is 18.9. The number of hydrogen-bond donors (Lipinski definition) is 2. The Labute approximate surface area is 210 Å². The average Bonchev–Trinajstić information content (AvgIpc) is 3.24. The van der Waals surface area contributed by atoms with Gasteiger partial charge in [-0.3, -0.25) is 9.62 Å². The quantitative estimate of drug-likeness (QED) is 0.462. The Balaban J connectivity index is 1.56. The van der Waals surface area contributed by atoms with E-state index in [1.54, 1.807) is 5.38 Å². The number of halogens is 5. The minimum atomic E-state index is -4.35. The third-order valence-electron chi connectivity index (χ3n) is 6.34.